The van der Waals surface area contributed by atoms with Crippen LogP contribution in [0.5, 0.6) is 0 Å². The zero-order valence-corrected chi connectivity index (χ0v) is 12.7. The van der Waals surface area contributed by atoms with Crippen LogP contribution in [0.4, 0.5) is 0 Å². The molecular weight excluding hydrogens is 250 g/mol. The number of nitrogens with zero attached hydrogens (tertiary/aromatic N) is 2. The SMILES string of the molecule is CC(CNC(C)(C)C)Cn1c(=O)cnc2ccccc21. The predicted octanol–water partition coefficient (Wildman–Crippen LogP) is 2.42. The van der Waals surface area contributed by atoms with E-state index in [4.69, 9.17) is 0 Å². The molecule has 4 nitrogen and oxygen atoms in total. The van der Waals surface area contributed by atoms with E-state index in [1.165, 1.54) is 6.20 Å². The molecule has 1 unspecified atom stereocenters. The Morgan fingerprint density at radius 2 is 2.00 bits per heavy atom. The largest absolute Gasteiger partial charge is 0.312 e. The zero-order chi connectivity index (χ0) is 14.8. The summed E-state index contributed by atoms with van der Waals surface area (Å²) in [6.45, 7) is 10.2. The molecule has 0 fully saturated rings. The second kappa shape index (κ2) is 5.75. The van der Waals surface area contributed by atoms with Crippen LogP contribution in [-0.2, 0) is 6.54 Å². The molecule has 0 aliphatic rings. The van der Waals surface area contributed by atoms with E-state index in [0.29, 0.717) is 12.5 Å². The third-order valence-corrected chi connectivity index (χ3v) is 3.23. The summed E-state index contributed by atoms with van der Waals surface area (Å²) in [6, 6.07) is 7.77. The van der Waals surface area contributed by atoms with Crippen LogP contribution >= 0.6 is 0 Å². The highest BCUT2D eigenvalue weighted by Crippen LogP contribution is 2.10. The van der Waals surface area contributed by atoms with Crippen LogP contribution in [0.3, 0.4) is 0 Å². The molecule has 0 aliphatic heterocycles. The van der Waals surface area contributed by atoms with Gasteiger partial charge in [-0.3, -0.25) is 4.79 Å². The van der Waals surface area contributed by atoms with Crippen molar-refractivity contribution in [2.45, 2.75) is 39.8 Å². The van der Waals surface area contributed by atoms with Crippen molar-refractivity contribution in [1.29, 1.82) is 0 Å². The van der Waals surface area contributed by atoms with Crippen LogP contribution < -0.4 is 10.9 Å². The van der Waals surface area contributed by atoms with Gasteiger partial charge in [0.2, 0.25) is 0 Å². The zero-order valence-electron chi connectivity index (χ0n) is 12.7. The fraction of sp³-hybridized carbons (Fsp3) is 0.500. The smallest absolute Gasteiger partial charge is 0.269 e. The minimum Gasteiger partial charge on any atom is -0.312 e. The standard InChI is InChI=1S/C16H23N3O/c1-12(9-18-16(2,3)4)11-19-14-8-6-5-7-13(14)17-10-15(19)20/h5-8,10,12,18H,9,11H2,1-4H3. The number of benzene rings is 1. The van der Waals surface area contributed by atoms with Crippen molar-refractivity contribution >= 4 is 11.0 Å². The van der Waals surface area contributed by atoms with E-state index in [0.717, 1.165) is 17.6 Å². The van der Waals surface area contributed by atoms with E-state index < -0.39 is 0 Å². The van der Waals surface area contributed by atoms with E-state index in [1.54, 1.807) is 0 Å². The van der Waals surface area contributed by atoms with Gasteiger partial charge in [0.25, 0.3) is 5.56 Å². The summed E-state index contributed by atoms with van der Waals surface area (Å²) in [4.78, 5) is 16.2. The minimum atomic E-state index is -0.0358. The van der Waals surface area contributed by atoms with Crippen molar-refractivity contribution in [3.05, 3.63) is 40.8 Å². The Kier molecular flexibility index (Phi) is 4.23. The Balaban J connectivity index is 2.21. The van der Waals surface area contributed by atoms with Crippen LogP contribution in [0.1, 0.15) is 27.7 Å². The summed E-state index contributed by atoms with van der Waals surface area (Å²) < 4.78 is 1.82. The van der Waals surface area contributed by atoms with Crippen molar-refractivity contribution in [2.24, 2.45) is 5.92 Å². The highest BCUT2D eigenvalue weighted by atomic mass is 16.1. The molecule has 1 atom stereocenters. The number of aromatic nitrogens is 2. The summed E-state index contributed by atoms with van der Waals surface area (Å²) in [5.41, 5.74) is 1.83. The third-order valence-electron chi connectivity index (χ3n) is 3.23. The molecule has 0 saturated carbocycles. The number of rotatable bonds is 4. The van der Waals surface area contributed by atoms with Gasteiger partial charge in [0, 0.05) is 12.1 Å². The molecule has 2 rings (SSSR count). The molecule has 1 aromatic heterocycles. The Bertz CT molecular complexity index is 640. The molecule has 4 heteroatoms. The van der Waals surface area contributed by atoms with Crippen molar-refractivity contribution in [2.75, 3.05) is 6.54 Å². The molecule has 1 aromatic carbocycles. The first-order chi connectivity index (χ1) is 9.37. The van der Waals surface area contributed by atoms with Gasteiger partial charge in [-0.2, -0.15) is 0 Å². The van der Waals surface area contributed by atoms with Gasteiger partial charge >= 0.3 is 0 Å². The first-order valence-corrected chi connectivity index (χ1v) is 7.06. The van der Waals surface area contributed by atoms with Crippen LogP contribution in [0.2, 0.25) is 0 Å². The maximum absolute atomic E-state index is 12.0. The maximum Gasteiger partial charge on any atom is 0.269 e. The van der Waals surface area contributed by atoms with E-state index in [9.17, 15) is 4.79 Å². The minimum absolute atomic E-state index is 0.0358. The highest BCUT2D eigenvalue weighted by Gasteiger charge is 2.13. The summed E-state index contributed by atoms with van der Waals surface area (Å²) in [7, 11) is 0. The Morgan fingerprint density at radius 1 is 1.30 bits per heavy atom. The molecular formula is C16H23N3O. The van der Waals surface area contributed by atoms with Gasteiger partial charge in [0.05, 0.1) is 17.2 Å². The number of hydrogen-bond acceptors (Lipinski definition) is 3. The van der Waals surface area contributed by atoms with Gasteiger partial charge in [-0.15, -0.1) is 0 Å². The maximum atomic E-state index is 12.0. The van der Waals surface area contributed by atoms with E-state index in [-0.39, 0.29) is 11.1 Å². The average molecular weight is 273 g/mol. The molecule has 0 amide bonds. The van der Waals surface area contributed by atoms with Gasteiger partial charge in [-0.25, -0.2) is 4.98 Å². The number of nitrogens with one attached hydrogen (secondary N) is 1. The van der Waals surface area contributed by atoms with Crippen LogP contribution in [0.25, 0.3) is 11.0 Å². The van der Waals surface area contributed by atoms with Crippen molar-refractivity contribution in [3.8, 4) is 0 Å². The normalized spacial score (nSPS) is 13.6. The first-order valence-electron chi connectivity index (χ1n) is 7.06. The summed E-state index contributed by atoms with van der Waals surface area (Å²) in [5.74, 6) is 0.373. The third kappa shape index (κ3) is 3.67. The number of hydrogen-bond donors (Lipinski definition) is 1. The first kappa shape index (κ1) is 14.7. The van der Waals surface area contributed by atoms with Crippen LogP contribution in [-0.4, -0.2) is 21.6 Å². The summed E-state index contributed by atoms with van der Waals surface area (Å²) in [5, 5.41) is 3.48. The molecule has 2 aromatic rings. The van der Waals surface area contributed by atoms with Gasteiger partial charge in [-0.05, 0) is 45.4 Å². The second-order valence-electron chi connectivity index (χ2n) is 6.43. The van der Waals surface area contributed by atoms with Gasteiger partial charge in [0.1, 0.15) is 0 Å². The molecule has 1 N–H and O–H groups in total. The average Bonchev–Trinajstić information content (AvgIpc) is 2.39. The summed E-state index contributed by atoms with van der Waals surface area (Å²) in [6.07, 6.45) is 1.41. The second-order valence-corrected chi connectivity index (χ2v) is 6.43. The van der Waals surface area contributed by atoms with Crippen LogP contribution in [0, 0.1) is 5.92 Å². The molecule has 108 valence electrons. The van der Waals surface area contributed by atoms with E-state index >= 15 is 0 Å². The number of para-hydroxylation sites is 2. The molecule has 0 bridgehead atoms. The van der Waals surface area contributed by atoms with E-state index in [1.807, 2.05) is 28.8 Å². The lowest BCUT2D eigenvalue weighted by Gasteiger charge is -2.24. The Morgan fingerprint density at radius 3 is 2.70 bits per heavy atom. The molecule has 20 heavy (non-hydrogen) atoms. The van der Waals surface area contributed by atoms with Crippen molar-refractivity contribution in [3.63, 3.8) is 0 Å². The molecule has 0 aliphatic carbocycles. The predicted molar refractivity (Wildman–Crippen MR) is 82.9 cm³/mol. The monoisotopic (exact) mass is 273 g/mol. The molecule has 0 spiro atoms. The topological polar surface area (TPSA) is 46.9 Å². The van der Waals surface area contributed by atoms with Crippen molar-refractivity contribution in [1.82, 2.24) is 14.9 Å². The highest BCUT2D eigenvalue weighted by molar-refractivity contribution is 5.74. The van der Waals surface area contributed by atoms with Crippen molar-refractivity contribution < 1.29 is 0 Å². The van der Waals surface area contributed by atoms with Gasteiger partial charge < -0.3 is 9.88 Å². The fourth-order valence-electron chi connectivity index (χ4n) is 2.16. The van der Waals surface area contributed by atoms with Crippen LogP contribution in [0.15, 0.2) is 35.3 Å². The quantitative estimate of drug-likeness (QED) is 0.930. The lowest BCUT2D eigenvalue weighted by atomic mass is 10.1. The molecule has 0 radical (unpaired) electrons. The fourth-order valence-corrected chi connectivity index (χ4v) is 2.16. The summed E-state index contributed by atoms with van der Waals surface area (Å²) >= 11 is 0. The molecule has 1 heterocycles. The molecule has 0 saturated heterocycles. The lowest BCUT2D eigenvalue weighted by molar-refractivity contribution is 0.360. The Labute approximate surface area is 119 Å². The van der Waals surface area contributed by atoms with E-state index in [2.05, 4.69) is 38.0 Å². The van der Waals surface area contributed by atoms with Gasteiger partial charge in [-0.1, -0.05) is 19.1 Å². The number of fused-ring (bicyclic) bond motifs is 1. The lowest BCUT2D eigenvalue weighted by Crippen LogP contribution is -2.40. The van der Waals surface area contributed by atoms with Gasteiger partial charge in [0.15, 0.2) is 0 Å². The Hall–Kier alpha value is -1.68.